The van der Waals surface area contributed by atoms with Crippen LogP contribution in [0.25, 0.3) is 22.2 Å². The Morgan fingerprint density at radius 1 is 0.921 bits per heavy atom. The van der Waals surface area contributed by atoms with Crippen molar-refractivity contribution in [2.75, 3.05) is 0 Å². The summed E-state index contributed by atoms with van der Waals surface area (Å²) in [5, 5.41) is 0. The molecule has 0 aliphatic carbocycles. The van der Waals surface area contributed by atoms with Gasteiger partial charge in [-0.15, -0.1) is 0 Å². The standard InChI is InChI=1S/C30H23F2N3O3/c1-16-4-10-23-29(34-16)26(12-13-33-23)38-25-11-5-19(14-22(25)32)15-24(36)28-18(3)35-17(2)27(30(28)37)20-6-8-21(31)9-7-20/h4-14H,15H2,1-3H3,(H,35,37). The number of Topliss-reactive ketones (excluding diaryl/α,β-unsaturated/α-hetero) is 1. The molecule has 2 aromatic carbocycles. The van der Waals surface area contributed by atoms with Gasteiger partial charge >= 0.3 is 0 Å². The Morgan fingerprint density at radius 3 is 2.42 bits per heavy atom. The summed E-state index contributed by atoms with van der Waals surface area (Å²) in [7, 11) is 0. The third-order valence-corrected chi connectivity index (χ3v) is 6.26. The molecule has 3 heterocycles. The minimum absolute atomic E-state index is 0.0136. The highest BCUT2D eigenvalue weighted by atomic mass is 19.1. The van der Waals surface area contributed by atoms with Crippen molar-refractivity contribution in [2.45, 2.75) is 27.2 Å². The van der Waals surface area contributed by atoms with Crippen LogP contribution in [-0.4, -0.2) is 20.7 Å². The van der Waals surface area contributed by atoms with Crippen molar-refractivity contribution in [3.8, 4) is 22.6 Å². The first-order chi connectivity index (χ1) is 18.2. The van der Waals surface area contributed by atoms with E-state index in [1.165, 1.54) is 36.4 Å². The van der Waals surface area contributed by atoms with Crippen molar-refractivity contribution in [3.63, 3.8) is 0 Å². The summed E-state index contributed by atoms with van der Waals surface area (Å²) in [6, 6.07) is 15.0. The zero-order chi connectivity index (χ0) is 27.0. The second kappa shape index (κ2) is 9.97. The molecule has 3 aromatic heterocycles. The number of aryl methyl sites for hydroxylation is 3. The van der Waals surface area contributed by atoms with Gasteiger partial charge in [0.15, 0.2) is 23.1 Å². The minimum Gasteiger partial charge on any atom is -0.452 e. The first-order valence-electron chi connectivity index (χ1n) is 11.9. The van der Waals surface area contributed by atoms with Crippen LogP contribution in [0.5, 0.6) is 11.5 Å². The number of hydrogen-bond donors (Lipinski definition) is 1. The van der Waals surface area contributed by atoms with Crippen molar-refractivity contribution in [3.05, 3.63) is 117 Å². The van der Waals surface area contributed by atoms with Crippen molar-refractivity contribution < 1.29 is 18.3 Å². The molecule has 0 aliphatic heterocycles. The number of carbonyl (C=O) groups is 1. The van der Waals surface area contributed by atoms with Gasteiger partial charge in [0.1, 0.15) is 11.3 Å². The summed E-state index contributed by atoms with van der Waals surface area (Å²) >= 11 is 0. The third-order valence-electron chi connectivity index (χ3n) is 6.26. The number of aromatic amines is 1. The number of fused-ring (bicyclic) bond motifs is 1. The zero-order valence-electron chi connectivity index (χ0n) is 20.9. The van der Waals surface area contributed by atoms with E-state index in [2.05, 4.69) is 15.0 Å². The van der Waals surface area contributed by atoms with Gasteiger partial charge in [-0.1, -0.05) is 18.2 Å². The maximum Gasteiger partial charge on any atom is 0.200 e. The summed E-state index contributed by atoms with van der Waals surface area (Å²) in [6.45, 7) is 5.20. The lowest BCUT2D eigenvalue weighted by Gasteiger charge is -2.12. The predicted molar refractivity (Wildman–Crippen MR) is 141 cm³/mol. The van der Waals surface area contributed by atoms with E-state index in [1.54, 1.807) is 32.2 Å². The van der Waals surface area contributed by atoms with Crippen LogP contribution in [0.2, 0.25) is 0 Å². The molecule has 38 heavy (non-hydrogen) atoms. The molecule has 190 valence electrons. The van der Waals surface area contributed by atoms with Gasteiger partial charge in [-0.3, -0.25) is 14.6 Å². The van der Waals surface area contributed by atoms with Crippen molar-refractivity contribution in [1.29, 1.82) is 0 Å². The molecule has 0 saturated heterocycles. The molecule has 0 saturated carbocycles. The number of nitrogens with one attached hydrogen (secondary N) is 1. The molecular weight excluding hydrogens is 488 g/mol. The van der Waals surface area contributed by atoms with Crippen LogP contribution in [0, 0.1) is 32.4 Å². The summed E-state index contributed by atoms with van der Waals surface area (Å²) in [6.07, 6.45) is 1.37. The number of H-pyrrole nitrogens is 1. The van der Waals surface area contributed by atoms with Crippen LogP contribution < -0.4 is 10.2 Å². The maximum absolute atomic E-state index is 15.0. The summed E-state index contributed by atoms with van der Waals surface area (Å²) in [4.78, 5) is 38.3. The Kier molecular flexibility index (Phi) is 6.55. The van der Waals surface area contributed by atoms with Gasteiger partial charge in [-0.2, -0.15) is 0 Å². The monoisotopic (exact) mass is 511 g/mol. The molecule has 0 bridgehead atoms. The molecule has 0 unspecified atom stereocenters. The van der Waals surface area contributed by atoms with Gasteiger partial charge < -0.3 is 9.72 Å². The van der Waals surface area contributed by atoms with Crippen LogP contribution in [0.15, 0.2) is 71.7 Å². The number of pyridine rings is 3. The van der Waals surface area contributed by atoms with E-state index < -0.39 is 22.8 Å². The number of carbonyl (C=O) groups excluding carboxylic acids is 1. The molecule has 5 aromatic rings. The second-order valence-corrected chi connectivity index (χ2v) is 9.06. The van der Waals surface area contributed by atoms with Crippen LogP contribution in [0.3, 0.4) is 0 Å². The summed E-state index contributed by atoms with van der Waals surface area (Å²) in [5.74, 6) is -1.21. The molecule has 0 aliphatic rings. The number of halogens is 2. The van der Waals surface area contributed by atoms with Crippen LogP contribution in [0.4, 0.5) is 8.78 Å². The van der Waals surface area contributed by atoms with Gasteiger partial charge in [0.05, 0.1) is 11.1 Å². The van der Waals surface area contributed by atoms with E-state index in [0.717, 1.165) is 5.69 Å². The van der Waals surface area contributed by atoms with Crippen LogP contribution >= 0.6 is 0 Å². The number of ketones is 1. The fraction of sp³-hybridized carbons (Fsp3) is 0.133. The molecule has 0 radical (unpaired) electrons. The first kappa shape index (κ1) is 25.0. The van der Waals surface area contributed by atoms with Crippen molar-refractivity contribution in [2.24, 2.45) is 0 Å². The Bertz CT molecular complexity index is 1760. The van der Waals surface area contributed by atoms with Gasteiger partial charge in [0.2, 0.25) is 5.43 Å². The van der Waals surface area contributed by atoms with Gasteiger partial charge in [0.25, 0.3) is 0 Å². The minimum atomic E-state index is -0.658. The fourth-order valence-corrected chi connectivity index (χ4v) is 4.48. The first-order valence-corrected chi connectivity index (χ1v) is 11.9. The molecule has 1 N–H and O–H groups in total. The molecule has 0 spiro atoms. The number of aromatic nitrogens is 3. The number of benzene rings is 2. The Hall–Kier alpha value is -4.72. The highest BCUT2D eigenvalue weighted by molar-refractivity contribution is 5.99. The SMILES string of the molecule is Cc1ccc2nccc(Oc3ccc(CC(=O)c4c(C)[nH]c(C)c(-c5ccc(F)cc5)c4=O)cc3F)c2n1. The van der Waals surface area contributed by atoms with E-state index >= 15 is 4.39 Å². The van der Waals surface area contributed by atoms with Gasteiger partial charge in [0, 0.05) is 41.3 Å². The average molecular weight is 512 g/mol. The lowest BCUT2D eigenvalue weighted by Crippen LogP contribution is -2.22. The molecule has 8 heteroatoms. The molecule has 0 fully saturated rings. The van der Waals surface area contributed by atoms with Crippen molar-refractivity contribution in [1.82, 2.24) is 15.0 Å². The Balaban J connectivity index is 1.42. The summed E-state index contributed by atoms with van der Waals surface area (Å²) < 4.78 is 34.2. The smallest absolute Gasteiger partial charge is 0.200 e. The molecule has 0 atom stereocenters. The highest BCUT2D eigenvalue weighted by Gasteiger charge is 2.21. The van der Waals surface area contributed by atoms with Gasteiger partial charge in [-0.05, 0) is 68.3 Å². The van der Waals surface area contributed by atoms with Crippen LogP contribution in [0.1, 0.15) is 33.0 Å². The Morgan fingerprint density at radius 2 is 1.68 bits per heavy atom. The molecule has 5 rings (SSSR count). The second-order valence-electron chi connectivity index (χ2n) is 9.06. The predicted octanol–water partition coefficient (Wildman–Crippen LogP) is 6.41. The lowest BCUT2D eigenvalue weighted by molar-refractivity contribution is 0.0991. The lowest BCUT2D eigenvalue weighted by atomic mass is 9.95. The quantitative estimate of drug-likeness (QED) is 0.267. The largest absolute Gasteiger partial charge is 0.452 e. The van der Waals surface area contributed by atoms with E-state index in [9.17, 15) is 14.0 Å². The number of rotatable bonds is 6. The van der Waals surface area contributed by atoms with Crippen molar-refractivity contribution >= 4 is 16.8 Å². The van der Waals surface area contributed by atoms with E-state index in [-0.39, 0.29) is 17.7 Å². The number of nitrogens with zero attached hydrogens (tertiary/aromatic N) is 2. The molecular formula is C30H23F2N3O3. The fourth-order valence-electron chi connectivity index (χ4n) is 4.48. The molecule has 0 amide bonds. The third kappa shape index (κ3) is 4.80. The highest BCUT2D eigenvalue weighted by Crippen LogP contribution is 2.30. The van der Waals surface area contributed by atoms with Crippen LogP contribution in [-0.2, 0) is 6.42 Å². The maximum atomic E-state index is 15.0. The zero-order valence-corrected chi connectivity index (χ0v) is 20.9. The van der Waals surface area contributed by atoms with E-state index in [1.807, 2.05) is 19.1 Å². The number of ether oxygens (including phenoxy) is 1. The number of hydrogen-bond acceptors (Lipinski definition) is 5. The van der Waals surface area contributed by atoms with E-state index in [4.69, 9.17) is 4.74 Å². The van der Waals surface area contributed by atoms with Gasteiger partial charge in [-0.25, -0.2) is 13.8 Å². The average Bonchev–Trinajstić information content (AvgIpc) is 2.87. The Labute approximate surface area is 217 Å². The van der Waals surface area contributed by atoms with E-state index in [0.29, 0.717) is 44.9 Å². The topological polar surface area (TPSA) is 84.9 Å². The normalized spacial score (nSPS) is 11.1. The molecule has 6 nitrogen and oxygen atoms in total. The summed E-state index contributed by atoms with van der Waals surface area (Å²) in [5.41, 5.74) is 3.59.